The number of carboxylic acid groups (broad SMARTS) is 1. The first kappa shape index (κ1) is 31.9. The molecular formula is C23H33N4O11P. The number of carboxylic acids is 1. The third-order valence-electron chi connectivity index (χ3n) is 5.88. The summed E-state index contributed by atoms with van der Waals surface area (Å²) in [6.45, 7) is 1.51. The number of phosphoric ester groups is 1. The number of benzene rings is 1. The van der Waals surface area contributed by atoms with E-state index in [1.165, 1.54) is 6.92 Å². The van der Waals surface area contributed by atoms with Crippen molar-refractivity contribution in [2.24, 2.45) is 0 Å². The standard InChI is InChI=1S/C23H33N4O11P/c1-13(28)19(21(31)25-16(23(33)34)11-15-7-4-3-5-8-15)26-20(30)18-9-6-10-27(18)22(32)17(24-14(2)29)12-38-39(35,36)37/h3-5,7-8,13,16-19,28H,6,9-12H2,1-2H3,(H,24,29)(H,25,31)(H,26,30)(H,33,34)(H2,35,36,37)/t13-,16+,17+,18+,19+/m1/s1. The van der Waals surface area contributed by atoms with Gasteiger partial charge in [0.15, 0.2) is 0 Å². The molecule has 1 aromatic carbocycles. The van der Waals surface area contributed by atoms with Crippen LogP contribution in [0.4, 0.5) is 0 Å². The molecule has 7 N–H and O–H groups in total. The molecule has 1 aliphatic heterocycles. The first-order valence-electron chi connectivity index (χ1n) is 12.0. The van der Waals surface area contributed by atoms with Crippen LogP contribution in [0.5, 0.6) is 0 Å². The van der Waals surface area contributed by atoms with Gasteiger partial charge in [0, 0.05) is 19.9 Å². The summed E-state index contributed by atoms with van der Waals surface area (Å²) in [5.74, 6) is -4.63. The van der Waals surface area contributed by atoms with Crippen molar-refractivity contribution < 1.29 is 53.1 Å². The zero-order chi connectivity index (χ0) is 29.3. The summed E-state index contributed by atoms with van der Waals surface area (Å²) >= 11 is 0. The van der Waals surface area contributed by atoms with Crippen molar-refractivity contribution in [3.63, 3.8) is 0 Å². The summed E-state index contributed by atoms with van der Waals surface area (Å²) in [5, 5.41) is 26.6. The van der Waals surface area contributed by atoms with Gasteiger partial charge in [0.25, 0.3) is 0 Å². The van der Waals surface area contributed by atoms with Crippen molar-refractivity contribution in [3.8, 4) is 0 Å². The largest absolute Gasteiger partial charge is 0.480 e. The molecule has 39 heavy (non-hydrogen) atoms. The normalized spacial score (nSPS) is 18.4. The lowest BCUT2D eigenvalue weighted by Crippen LogP contribution is -2.60. The summed E-state index contributed by atoms with van der Waals surface area (Å²) in [7, 11) is -4.97. The van der Waals surface area contributed by atoms with Crippen molar-refractivity contribution in [1.29, 1.82) is 0 Å². The van der Waals surface area contributed by atoms with Gasteiger partial charge in [0.05, 0.1) is 12.7 Å². The molecule has 16 heteroatoms. The Labute approximate surface area is 224 Å². The molecule has 0 saturated carbocycles. The minimum Gasteiger partial charge on any atom is -0.480 e. The van der Waals surface area contributed by atoms with E-state index in [1.54, 1.807) is 30.3 Å². The van der Waals surface area contributed by atoms with Gasteiger partial charge in [-0.3, -0.25) is 23.7 Å². The molecule has 0 unspecified atom stereocenters. The molecule has 0 aliphatic carbocycles. The van der Waals surface area contributed by atoms with Gasteiger partial charge in [0.1, 0.15) is 24.2 Å². The van der Waals surface area contributed by atoms with Gasteiger partial charge in [-0.15, -0.1) is 0 Å². The van der Waals surface area contributed by atoms with Crippen LogP contribution in [-0.4, -0.2) is 97.9 Å². The molecule has 0 radical (unpaired) electrons. The van der Waals surface area contributed by atoms with Crippen LogP contribution in [-0.2, 0) is 39.5 Å². The third kappa shape index (κ3) is 10.0. The van der Waals surface area contributed by atoms with Crippen molar-refractivity contribution in [1.82, 2.24) is 20.9 Å². The highest BCUT2D eigenvalue weighted by Crippen LogP contribution is 2.35. The molecule has 2 rings (SSSR count). The second kappa shape index (κ2) is 14.1. The first-order chi connectivity index (χ1) is 18.2. The van der Waals surface area contributed by atoms with E-state index in [2.05, 4.69) is 20.5 Å². The highest BCUT2D eigenvalue weighted by molar-refractivity contribution is 7.46. The molecule has 0 spiro atoms. The maximum Gasteiger partial charge on any atom is 0.469 e. The highest BCUT2D eigenvalue weighted by Gasteiger charge is 2.40. The lowest BCUT2D eigenvalue weighted by Gasteiger charge is -2.30. The average Bonchev–Trinajstić information content (AvgIpc) is 3.33. The van der Waals surface area contributed by atoms with Gasteiger partial charge >= 0.3 is 13.8 Å². The Balaban J connectivity index is 2.13. The van der Waals surface area contributed by atoms with Crippen LogP contribution < -0.4 is 16.0 Å². The summed E-state index contributed by atoms with van der Waals surface area (Å²) in [6, 6.07) is 2.97. The molecule has 1 heterocycles. The number of amides is 4. The second-order valence-electron chi connectivity index (χ2n) is 9.05. The predicted molar refractivity (Wildman–Crippen MR) is 134 cm³/mol. The van der Waals surface area contributed by atoms with Gasteiger partial charge in [-0.05, 0) is 25.3 Å². The van der Waals surface area contributed by atoms with E-state index in [1.807, 2.05) is 0 Å². The number of aliphatic hydroxyl groups is 1. The smallest absolute Gasteiger partial charge is 0.469 e. The number of hydrogen-bond acceptors (Lipinski definition) is 8. The molecule has 0 aromatic heterocycles. The van der Waals surface area contributed by atoms with Crippen LogP contribution in [0.3, 0.4) is 0 Å². The Morgan fingerprint density at radius 2 is 1.72 bits per heavy atom. The Kier molecular flexibility index (Phi) is 11.6. The third-order valence-corrected chi connectivity index (χ3v) is 6.37. The number of carbonyl (C=O) groups excluding carboxylic acids is 4. The molecule has 1 aliphatic rings. The monoisotopic (exact) mass is 572 g/mol. The Morgan fingerprint density at radius 1 is 1.08 bits per heavy atom. The minimum absolute atomic E-state index is 0.0471. The average molecular weight is 573 g/mol. The van der Waals surface area contributed by atoms with Crippen LogP contribution in [0, 0.1) is 0 Å². The number of carbonyl (C=O) groups is 5. The lowest BCUT2D eigenvalue weighted by atomic mass is 10.0. The van der Waals surface area contributed by atoms with Crippen LogP contribution >= 0.6 is 7.82 Å². The number of nitrogens with zero attached hydrogens (tertiary/aromatic N) is 1. The van der Waals surface area contributed by atoms with Crippen molar-refractivity contribution >= 4 is 37.4 Å². The minimum atomic E-state index is -4.97. The van der Waals surface area contributed by atoms with Crippen LogP contribution in [0.25, 0.3) is 0 Å². The van der Waals surface area contributed by atoms with Crippen LogP contribution in [0.1, 0.15) is 32.3 Å². The molecule has 4 amide bonds. The summed E-state index contributed by atoms with van der Waals surface area (Å²) in [4.78, 5) is 81.3. The molecule has 216 valence electrons. The van der Waals surface area contributed by atoms with E-state index in [-0.39, 0.29) is 19.4 Å². The number of aliphatic carboxylic acids is 1. The number of rotatable bonds is 13. The number of hydrogen-bond donors (Lipinski definition) is 7. The van der Waals surface area contributed by atoms with Crippen molar-refractivity contribution in [2.75, 3.05) is 13.2 Å². The van der Waals surface area contributed by atoms with Gasteiger partial charge in [-0.1, -0.05) is 30.3 Å². The summed E-state index contributed by atoms with van der Waals surface area (Å²) < 4.78 is 15.4. The topological polar surface area (TPSA) is 232 Å². The van der Waals surface area contributed by atoms with Gasteiger partial charge in [0.2, 0.25) is 23.6 Å². The van der Waals surface area contributed by atoms with Crippen molar-refractivity contribution in [2.45, 2.75) is 63.4 Å². The van der Waals surface area contributed by atoms with Gasteiger partial charge in [-0.25, -0.2) is 9.36 Å². The predicted octanol–water partition coefficient (Wildman–Crippen LogP) is -1.73. The Hall–Kier alpha value is -3.36. The summed E-state index contributed by atoms with van der Waals surface area (Å²) in [5.41, 5.74) is 0.638. The lowest BCUT2D eigenvalue weighted by molar-refractivity contribution is -0.144. The summed E-state index contributed by atoms with van der Waals surface area (Å²) in [6.07, 6.45) is -0.966. The molecule has 1 fully saturated rings. The fourth-order valence-electron chi connectivity index (χ4n) is 4.06. The molecule has 15 nitrogen and oxygen atoms in total. The fraction of sp³-hybridized carbons (Fsp3) is 0.522. The zero-order valence-electron chi connectivity index (χ0n) is 21.4. The van der Waals surface area contributed by atoms with E-state index in [0.717, 1.165) is 11.8 Å². The number of nitrogens with one attached hydrogen (secondary N) is 3. The first-order valence-corrected chi connectivity index (χ1v) is 13.6. The Morgan fingerprint density at radius 3 is 2.26 bits per heavy atom. The zero-order valence-corrected chi connectivity index (χ0v) is 22.2. The maximum atomic E-state index is 13.1. The Bertz CT molecular complexity index is 1090. The quantitative estimate of drug-likeness (QED) is 0.131. The highest BCUT2D eigenvalue weighted by atomic mass is 31.2. The molecule has 1 aromatic rings. The molecule has 0 bridgehead atoms. The second-order valence-corrected chi connectivity index (χ2v) is 10.3. The van der Waals surface area contributed by atoms with E-state index in [9.17, 15) is 38.8 Å². The van der Waals surface area contributed by atoms with Gasteiger partial charge < -0.3 is 40.9 Å². The van der Waals surface area contributed by atoms with E-state index in [4.69, 9.17) is 9.79 Å². The maximum absolute atomic E-state index is 13.1. The van der Waals surface area contributed by atoms with Gasteiger partial charge in [-0.2, -0.15) is 0 Å². The molecule has 1 saturated heterocycles. The number of phosphoric acid groups is 1. The van der Waals surface area contributed by atoms with E-state index < -0.39 is 74.3 Å². The fourth-order valence-corrected chi connectivity index (χ4v) is 4.40. The molecular weight excluding hydrogens is 539 g/mol. The van der Waals surface area contributed by atoms with E-state index in [0.29, 0.717) is 12.0 Å². The van der Waals surface area contributed by atoms with Crippen LogP contribution in [0.2, 0.25) is 0 Å². The van der Waals surface area contributed by atoms with E-state index >= 15 is 0 Å². The SMILES string of the molecule is CC(=O)N[C@@H](COP(=O)(O)O)C(=O)N1CCC[C@H]1C(=O)N[C@H](C(=O)N[C@@H](Cc1ccccc1)C(=O)O)[C@@H](C)O. The van der Waals surface area contributed by atoms with Crippen molar-refractivity contribution in [3.05, 3.63) is 35.9 Å². The molecule has 5 atom stereocenters. The number of aliphatic hydroxyl groups excluding tert-OH is 1. The number of likely N-dealkylation sites (tertiary alicyclic amines) is 1. The van der Waals surface area contributed by atoms with Crippen LogP contribution in [0.15, 0.2) is 30.3 Å².